The van der Waals surface area contributed by atoms with E-state index in [4.69, 9.17) is 0 Å². The van der Waals surface area contributed by atoms with Crippen LogP contribution in [-0.2, 0) is 14.6 Å². The molecule has 3 aliphatic heterocycles. The molecule has 0 spiro atoms. The molecule has 0 unspecified atom stereocenters. The number of amides is 1. The third kappa shape index (κ3) is 4.09. The second-order valence-corrected chi connectivity index (χ2v) is 9.39. The van der Waals surface area contributed by atoms with Gasteiger partial charge in [-0.1, -0.05) is 12.8 Å². The number of nitrogens with zero attached hydrogens (tertiary/aromatic N) is 3. The molecule has 0 radical (unpaired) electrons. The monoisotopic (exact) mass is 359 g/mol. The van der Waals surface area contributed by atoms with E-state index in [1.54, 1.807) is 0 Å². The molecule has 1 amide bonds. The van der Waals surface area contributed by atoms with Gasteiger partial charge in [-0.3, -0.25) is 14.6 Å². The van der Waals surface area contributed by atoms with Crippen LogP contribution in [0.4, 0.5) is 0 Å². The summed E-state index contributed by atoms with van der Waals surface area (Å²) in [6.07, 6.45) is 4.51. The lowest BCUT2D eigenvalue weighted by atomic mass is 10.0. The Labute approximate surface area is 144 Å². The Morgan fingerprint density at radius 2 is 1.50 bits per heavy atom. The fraction of sp³-hybridized carbons (Fsp3) is 0.938. The van der Waals surface area contributed by atoms with Crippen molar-refractivity contribution in [1.29, 1.82) is 0 Å². The van der Waals surface area contributed by atoms with E-state index < -0.39 is 9.84 Å². The van der Waals surface area contributed by atoms with Crippen LogP contribution in [0, 0.1) is 0 Å². The number of carbonyl (C=O) groups excluding carboxylic acids is 1. The Hall–Kier alpha value is -0.700. The first-order chi connectivity index (χ1) is 11.5. The van der Waals surface area contributed by atoms with Crippen LogP contribution in [0.2, 0.25) is 0 Å². The highest BCUT2D eigenvalue weighted by Crippen LogP contribution is 2.26. The molecule has 138 valence electrons. The summed E-state index contributed by atoms with van der Waals surface area (Å²) >= 11 is 0. The van der Waals surface area contributed by atoms with E-state index in [0.717, 1.165) is 25.9 Å². The molecule has 0 aromatic carbocycles. The van der Waals surface area contributed by atoms with Gasteiger partial charge in [-0.15, -0.1) is 0 Å². The Balaban J connectivity index is 1.66. The zero-order valence-electron chi connectivity index (χ0n) is 14.3. The van der Waals surface area contributed by atoms with E-state index >= 15 is 0 Å². The summed E-state index contributed by atoms with van der Waals surface area (Å²) in [7, 11) is -3.07. The maximum absolute atomic E-state index is 12.7. The molecule has 3 heterocycles. The molecule has 24 heavy (non-hydrogen) atoms. The first-order valence-corrected chi connectivity index (χ1v) is 10.9. The maximum Gasteiger partial charge on any atom is 0.236 e. The Kier molecular flexibility index (Phi) is 5.79. The summed E-state index contributed by atoms with van der Waals surface area (Å²) in [5.41, 5.74) is 0. The molecule has 0 bridgehead atoms. The van der Waals surface area contributed by atoms with Gasteiger partial charge in [-0.05, 0) is 12.8 Å². The molecule has 2 atom stereocenters. The number of hydrogen-bond acceptors (Lipinski definition) is 6. The van der Waals surface area contributed by atoms with Crippen molar-refractivity contribution in [3.63, 3.8) is 0 Å². The molecule has 0 aliphatic carbocycles. The van der Waals surface area contributed by atoms with Gasteiger partial charge in [0.25, 0.3) is 0 Å². The van der Waals surface area contributed by atoms with E-state index in [1.807, 2.05) is 4.90 Å². The molecular formula is C16H29N3O4S. The van der Waals surface area contributed by atoms with Gasteiger partial charge < -0.3 is 10.0 Å². The third-order valence-corrected chi connectivity index (χ3v) is 7.29. The predicted octanol–water partition coefficient (Wildman–Crippen LogP) is -0.835. The first kappa shape index (κ1) is 18.1. The van der Waals surface area contributed by atoms with Crippen molar-refractivity contribution in [1.82, 2.24) is 14.7 Å². The number of carbonyl (C=O) groups is 1. The number of likely N-dealkylation sites (tertiary alicyclic amines) is 1. The molecule has 7 nitrogen and oxygen atoms in total. The fourth-order valence-electron chi connectivity index (χ4n) is 4.29. The molecule has 3 saturated heterocycles. The van der Waals surface area contributed by atoms with Crippen LogP contribution in [0.3, 0.4) is 0 Å². The molecule has 8 heteroatoms. The number of aliphatic hydroxyl groups is 1. The van der Waals surface area contributed by atoms with Gasteiger partial charge in [-0.2, -0.15) is 0 Å². The second-order valence-electron chi connectivity index (χ2n) is 7.24. The lowest BCUT2D eigenvalue weighted by molar-refractivity contribution is -0.134. The highest BCUT2D eigenvalue weighted by atomic mass is 32.2. The first-order valence-electron chi connectivity index (χ1n) is 9.07. The van der Waals surface area contributed by atoms with Gasteiger partial charge in [-0.25, -0.2) is 8.42 Å². The average molecular weight is 359 g/mol. The summed E-state index contributed by atoms with van der Waals surface area (Å²) in [5, 5.41) is 9.21. The minimum absolute atomic E-state index is 0.0377. The maximum atomic E-state index is 12.7. The van der Waals surface area contributed by atoms with Crippen molar-refractivity contribution < 1.29 is 18.3 Å². The number of β-amino-alcohol motifs (C(OH)–C–C–N with tert-alkyl or cyclic N) is 1. The van der Waals surface area contributed by atoms with Gasteiger partial charge in [0.15, 0.2) is 9.84 Å². The Bertz CT molecular complexity index is 546. The number of aliphatic hydroxyl groups excluding tert-OH is 1. The minimum atomic E-state index is -3.07. The van der Waals surface area contributed by atoms with Crippen molar-refractivity contribution in [2.24, 2.45) is 0 Å². The highest BCUT2D eigenvalue weighted by Gasteiger charge is 2.46. The standard InChI is InChI=1S/C16H29N3O4S/c20-10-9-17-7-8-19(15-13-24(22,23)12-14(15)17)11-16(21)18-5-3-1-2-4-6-18/h14-15,20H,1-13H2/t14-,15+/m1/s1. The fourth-order valence-corrected chi connectivity index (χ4v) is 6.34. The quantitative estimate of drug-likeness (QED) is 0.705. The normalized spacial score (nSPS) is 31.6. The van der Waals surface area contributed by atoms with E-state index in [2.05, 4.69) is 9.80 Å². The smallest absolute Gasteiger partial charge is 0.236 e. The van der Waals surface area contributed by atoms with Crippen LogP contribution in [0.15, 0.2) is 0 Å². The van der Waals surface area contributed by atoms with E-state index in [9.17, 15) is 18.3 Å². The molecule has 3 fully saturated rings. The van der Waals surface area contributed by atoms with Crippen molar-refractivity contribution in [2.45, 2.75) is 37.8 Å². The Morgan fingerprint density at radius 1 is 0.917 bits per heavy atom. The highest BCUT2D eigenvalue weighted by molar-refractivity contribution is 7.91. The zero-order chi connectivity index (χ0) is 17.2. The number of piperazine rings is 1. The molecule has 3 aliphatic rings. The van der Waals surface area contributed by atoms with Crippen molar-refractivity contribution in [3.05, 3.63) is 0 Å². The SMILES string of the molecule is O=C(CN1CCN(CCO)[C@@H]2CS(=O)(=O)C[C@@H]21)N1CCCCCC1. The molecular weight excluding hydrogens is 330 g/mol. The van der Waals surface area contributed by atoms with Crippen LogP contribution in [0.25, 0.3) is 0 Å². The summed E-state index contributed by atoms with van der Waals surface area (Å²) in [6.45, 7) is 3.93. The lowest BCUT2D eigenvalue weighted by Crippen LogP contribution is -2.61. The largest absolute Gasteiger partial charge is 0.395 e. The Morgan fingerprint density at radius 3 is 2.12 bits per heavy atom. The third-order valence-electron chi connectivity index (χ3n) is 5.59. The van der Waals surface area contributed by atoms with E-state index in [0.29, 0.717) is 26.2 Å². The van der Waals surface area contributed by atoms with E-state index in [-0.39, 0.29) is 36.1 Å². The van der Waals surface area contributed by atoms with E-state index in [1.165, 1.54) is 12.8 Å². The molecule has 1 N–H and O–H groups in total. The van der Waals surface area contributed by atoms with Crippen LogP contribution >= 0.6 is 0 Å². The number of sulfone groups is 1. The average Bonchev–Trinajstić information content (AvgIpc) is 2.73. The summed E-state index contributed by atoms with van der Waals surface area (Å²) in [4.78, 5) is 18.7. The number of fused-ring (bicyclic) bond motifs is 1. The minimum Gasteiger partial charge on any atom is -0.395 e. The van der Waals surface area contributed by atoms with Gasteiger partial charge in [0.2, 0.25) is 5.91 Å². The van der Waals surface area contributed by atoms with Crippen LogP contribution < -0.4 is 0 Å². The van der Waals surface area contributed by atoms with Gasteiger partial charge >= 0.3 is 0 Å². The lowest BCUT2D eigenvalue weighted by Gasteiger charge is -2.43. The van der Waals surface area contributed by atoms with Gasteiger partial charge in [0.1, 0.15) is 0 Å². The molecule has 3 rings (SSSR count). The summed E-state index contributed by atoms with van der Waals surface area (Å²) < 4.78 is 24.2. The van der Waals surface area contributed by atoms with Gasteiger partial charge in [0.05, 0.1) is 24.7 Å². The molecule has 0 saturated carbocycles. The predicted molar refractivity (Wildman–Crippen MR) is 91.5 cm³/mol. The van der Waals surface area contributed by atoms with Crippen molar-refractivity contribution in [3.8, 4) is 0 Å². The number of hydrogen-bond donors (Lipinski definition) is 1. The molecule has 0 aromatic rings. The van der Waals surface area contributed by atoms with Crippen LogP contribution in [0.1, 0.15) is 25.7 Å². The van der Waals surface area contributed by atoms with Crippen molar-refractivity contribution >= 4 is 15.7 Å². The van der Waals surface area contributed by atoms with Crippen LogP contribution in [0.5, 0.6) is 0 Å². The van der Waals surface area contributed by atoms with Crippen molar-refractivity contribution in [2.75, 3.05) is 57.4 Å². The summed E-state index contributed by atoms with van der Waals surface area (Å²) in [6, 6.07) is -0.209. The summed E-state index contributed by atoms with van der Waals surface area (Å²) in [5.74, 6) is 0.412. The number of rotatable bonds is 4. The topological polar surface area (TPSA) is 81.2 Å². The zero-order valence-corrected chi connectivity index (χ0v) is 15.1. The molecule has 0 aromatic heterocycles. The van der Waals surface area contributed by atoms with Crippen LogP contribution in [-0.4, -0.2) is 104 Å². The van der Waals surface area contributed by atoms with Gasteiger partial charge in [0, 0.05) is 44.8 Å². The second kappa shape index (κ2) is 7.68.